The Kier molecular flexibility index (Phi) is 22.0. The van der Waals surface area contributed by atoms with Gasteiger partial charge in [-0.15, -0.1) is 0 Å². The minimum Gasteiger partial charge on any atom is -0.0683 e. The van der Waals surface area contributed by atoms with Crippen LogP contribution in [0.15, 0.2) is 0 Å². The van der Waals surface area contributed by atoms with Crippen LogP contribution >= 0.6 is 0 Å². The van der Waals surface area contributed by atoms with Gasteiger partial charge in [0.2, 0.25) is 0 Å². The van der Waals surface area contributed by atoms with Crippen molar-refractivity contribution in [2.45, 2.75) is 91.9 Å². The minimum absolute atomic E-state index is 1.50. The summed E-state index contributed by atoms with van der Waals surface area (Å²) >= 11 is 0. The first-order chi connectivity index (χ1) is 7.00. The van der Waals surface area contributed by atoms with E-state index in [1.165, 1.54) is 64.2 Å². The average molecular weight is 200 g/mol. The van der Waals surface area contributed by atoms with Crippen LogP contribution in [-0.4, -0.2) is 0 Å². The smallest absolute Gasteiger partial charge is 0.0533 e. The quantitative estimate of drug-likeness (QED) is 0.453. The molecule has 0 nitrogen and oxygen atoms in total. The maximum Gasteiger partial charge on any atom is -0.0533 e. The van der Waals surface area contributed by atoms with E-state index in [0.29, 0.717) is 0 Å². The summed E-state index contributed by atoms with van der Waals surface area (Å²) in [7, 11) is 0. The highest BCUT2D eigenvalue weighted by Gasteiger charge is 1.95. The van der Waals surface area contributed by atoms with Crippen molar-refractivity contribution in [1.82, 2.24) is 0 Å². The van der Waals surface area contributed by atoms with Gasteiger partial charge in [0.25, 0.3) is 0 Å². The number of rotatable bonds is 0. The highest BCUT2D eigenvalue weighted by molar-refractivity contribution is 4.51. The lowest BCUT2D eigenvalue weighted by Gasteiger charge is -2.05. The van der Waals surface area contributed by atoms with E-state index in [0.717, 1.165) is 0 Å². The Morgan fingerprint density at radius 2 is 0.357 bits per heavy atom. The van der Waals surface area contributed by atoms with Crippen molar-refractivity contribution in [3.05, 3.63) is 0 Å². The summed E-state index contributed by atoms with van der Waals surface area (Å²) in [6.45, 7) is 8.00. The van der Waals surface area contributed by atoms with Crippen molar-refractivity contribution in [2.24, 2.45) is 0 Å². The van der Waals surface area contributed by atoms with E-state index in [2.05, 4.69) is 0 Å². The zero-order chi connectivity index (χ0) is 11.1. The van der Waals surface area contributed by atoms with Gasteiger partial charge in [-0.2, -0.15) is 0 Å². The molecule has 88 valence electrons. The molecule has 0 spiro atoms. The van der Waals surface area contributed by atoms with Crippen LogP contribution in [0.5, 0.6) is 0 Å². The second-order valence-electron chi connectivity index (χ2n) is 3.54. The normalized spacial score (nSPS) is 18.0. The van der Waals surface area contributed by atoms with Crippen LogP contribution in [0.2, 0.25) is 0 Å². The van der Waals surface area contributed by atoms with Crippen molar-refractivity contribution in [1.29, 1.82) is 0 Å². The van der Waals surface area contributed by atoms with Crippen LogP contribution in [0.1, 0.15) is 91.9 Å². The molecule has 0 heteroatoms. The van der Waals surface area contributed by atoms with Crippen LogP contribution < -0.4 is 0 Å². The molecule has 0 bridgehead atoms. The van der Waals surface area contributed by atoms with E-state index in [9.17, 15) is 0 Å². The SMILES string of the molecule is C1CCC1.C1CCCCC1.CC.CC. The van der Waals surface area contributed by atoms with E-state index in [4.69, 9.17) is 0 Å². The summed E-state index contributed by atoms with van der Waals surface area (Å²) in [6, 6.07) is 0. The van der Waals surface area contributed by atoms with Crippen LogP contribution in [0.25, 0.3) is 0 Å². The van der Waals surface area contributed by atoms with Gasteiger partial charge >= 0.3 is 0 Å². The highest BCUT2D eigenvalue weighted by Crippen LogP contribution is 2.15. The molecule has 0 radical (unpaired) electrons. The Labute approximate surface area is 92.5 Å². The van der Waals surface area contributed by atoms with Crippen molar-refractivity contribution in [3.63, 3.8) is 0 Å². The Bertz CT molecular complexity index is 42.9. The summed E-state index contributed by atoms with van der Waals surface area (Å²) in [5.74, 6) is 0. The van der Waals surface area contributed by atoms with Gasteiger partial charge in [-0.3, -0.25) is 0 Å². The van der Waals surface area contributed by atoms with E-state index in [1.54, 1.807) is 0 Å². The molecule has 0 heterocycles. The van der Waals surface area contributed by atoms with E-state index < -0.39 is 0 Å². The molecule has 0 aromatic rings. The fourth-order valence-electron chi connectivity index (χ4n) is 1.31. The molecule has 0 saturated heterocycles. The predicted octanol–water partition coefficient (Wildman–Crippen LogP) is 5.95. The van der Waals surface area contributed by atoms with Gasteiger partial charge in [0, 0.05) is 0 Å². The molecule has 2 aliphatic rings. The third kappa shape index (κ3) is 14.5. The second-order valence-corrected chi connectivity index (χ2v) is 3.54. The Balaban J connectivity index is 0. The summed E-state index contributed by atoms with van der Waals surface area (Å²) < 4.78 is 0. The van der Waals surface area contributed by atoms with Crippen LogP contribution in [-0.2, 0) is 0 Å². The lowest BCUT2D eigenvalue weighted by Crippen LogP contribution is -1.85. The third-order valence-corrected chi connectivity index (χ3v) is 2.50. The molecular weight excluding hydrogens is 168 g/mol. The topological polar surface area (TPSA) is 0 Å². The molecule has 2 fully saturated rings. The Morgan fingerprint density at radius 3 is 0.429 bits per heavy atom. The summed E-state index contributed by atoms with van der Waals surface area (Å²) in [5.41, 5.74) is 0. The lowest BCUT2D eigenvalue weighted by atomic mass is 10.0. The molecule has 0 aromatic heterocycles. The fraction of sp³-hybridized carbons (Fsp3) is 1.00. The van der Waals surface area contributed by atoms with Crippen LogP contribution in [0, 0.1) is 0 Å². The maximum absolute atomic E-state index is 2.00. The zero-order valence-corrected chi connectivity index (χ0v) is 11.1. The molecular formula is C14H32. The Morgan fingerprint density at radius 1 is 0.286 bits per heavy atom. The fourth-order valence-corrected chi connectivity index (χ4v) is 1.31. The van der Waals surface area contributed by atoms with Gasteiger partial charge in [-0.25, -0.2) is 0 Å². The lowest BCUT2D eigenvalue weighted by molar-refractivity contribution is 0.504. The number of hydrogen-bond donors (Lipinski definition) is 0. The number of hydrogen-bond acceptors (Lipinski definition) is 0. The van der Waals surface area contributed by atoms with Crippen molar-refractivity contribution >= 4 is 0 Å². The van der Waals surface area contributed by atoms with Crippen LogP contribution in [0.4, 0.5) is 0 Å². The van der Waals surface area contributed by atoms with Gasteiger partial charge < -0.3 is 0 Å². The summed E-state index contributed by atoms with van der Waals surface area (Å²) in [5, 5.41) is 0. The van der Waals surface area contributed by atoms with Gasteiger partial charge in [-0.05, 0) is 0 Å². The second kappa shape index (κ2) is 18.7. The van der Waals surface area contributed by atoms with Gasteiger partial charge in [0.1, 0.15) is 0 Å². The molecule has 0 atom stereocenters. The van der Waals surface area contributed by atoms with Crippen molar-refractivity contribution < 1.29 is 0 Å². The molecule has 0 aliphatic heterocycles. The molecule has 2 aliphatic carbocycles. The van der Waals surface area contributed by atoms with Gasteiger partial charge in [-0.1, -0.05) is 91.9 Å². The van der Waals surface area contributed by atoms with Crippen LogP contribution in [0.3, 0.4) is 0 Å². The van der Waals surface area contributed by atoms with E-state index >= 15 is 0 Å². The average Bonchev–Trinajstić information content (AvgIpc) is 2.24. The molecule has 2 saturated carbocycles. The largest absolute Gasteiger partial charge is 0.0683 e. The third-order valence-electron chi connectivity index (χ3n) is 2.50. The van der Waals surface area contributed by atoms with Gasteiger partial charge in [0.15, 0.2) is 0 Å². The maximum atomic E-state index is 2.00. The van der Waals surface area contributed by atoms with Crippen molar-refractivity contribution in [3.8, 4) is 0 Å². The molecule has 0 unspecified atom stereocenters. The molecule has 2 rings (SSSR count). The predicted molar refractivity (Wildman–Crippen MR) is 68.9 cm³/mol. The van der Waals surface area contributed by atoms with E-state index in [1.807, 2.05) is 27.7 Å². The summed E-state index contributed by atoms with van der Waals surface area (Å²) in [4.78, 5) is 0. The molecule has 0 aromatic carbocycles. The monoisotopic (exact) mass is 200 g/mol. The first kappa shape index (κ1) is 16.4. The molecule has 14 heavy (non-hydrogen) atoms. The standard InChI is InChI=1S/C6H12.C4H8.2C2H6/c1-2-4-6-5-3-1;1-2-4-3-1;2*1-2/h1-6H2;1-4H2;2*1-2H3. The van der Waals surface area contributed by atoms with Crippen molar-refractivity contribution in [2.75, 3.05) is 0 Å². The highest BCUT2D eigenvalue weighted by atomic mass is 14.0. The summed E-state index contributed by atoms with van der Waals surface area (Å²) in [6.07, 6.45) is 15.0. The minimum atomic E-state index is 1.50. The van der Waals surface area contributed by atoms with E-state index in [-0.39, 0.29) is 0 Å². The molecule has 0 amide bonds. The Hall–Kier alpha value is 0. The molecule has 0 N–H and O–H groups in total. The first-order valence-corrected chi connectivity index (χ1v) is 7.00. The first-order valence-electron chi connectivity index (χ1n) is 7.00. The zero-order valence-electron chi connectivity index (χ0n) is 11.1. The van der Waals surface area contributed by atoms with Gasteiger partial charge in [0.05, 0.1) is 0 Å².